The first-order valence-corrected chi connectivity index (χ1v) is 8.25. The molecular weight excluding hydrogens is 324 g/mol. The molecule has 0 spiro atoms. The third kappa shape index (κ3) is 5.10. The maximum atomic E-state index is 12.2. The van der Waals surface area contributed by atoms with Gasteiger partial charge in [0.1, 0.15) is 0 Å². The summed E-state index contributed by atoms with van der Waals surface area (Å²) in [6.07, 6.45) is 0.202. The molecule has 0 fully saturated rings. The molecule has 2 N–H and O–H groups in total. The van der Waals surface area contributed by atoms with Gasteiger partial charge in [0.25, 0.3) is 5.91 Å². The van der Waals surface area contributed by atoms with E-state index in [2.05, 4.69) is 10.6 Å². The fraction of sp³-hybridized carbons (Fsp3) is 0.263. The van der Waals surface area contributed by atoms with Gasteiger partial charge in [-0.05, 0) is 37.6 Å². The molecule has 2 unspecified atom stereocenters. The quantitative estimate of drug-likeness (QED) is 0.839. The molecule has 2 amide bonds. The van der Waals surface area contributed by atoms with Crippen molar-refractivity contribution in [3.05, 3.63) is 70.7 Å². The van der Waals surface area contributed by atoms with E-state index in [0.717, 1.165) is 5.56 Å². The van der Waals surface area contributed by atoms with Gasteiger partial charge in [-0.2, -0.15) is 0 Å². The Morgan fingerprint density at radius 3 is 2.25 bits per heavy atom. The Balaban J connectivity index is 1.85. The Kier molecular flexibility index (Phi) is 6.38. The summed E-state index contributed by atoms with van der Waals surface area (Å²) in [5.41, 5.74) is 1.45. The predicted molar refractivity (Wildman–Crippen MR) is 96.0 cm³/mol. The Morgan fingerprint density at radius 1 is 0.958 bits per heavy atom. The van der Waals surface area contributed by atoms with E-state index in [4.69, 9.17) is 11.6 Å². The van der Waals surface area contributed by atoms with Gasteiger partial charge in [-0.25, -0.2) is 0 Å². The van der Waals surface area contributed by atoms with E-state index in [1.807, 2.05) is 31.2 Å². The number of amides is 2. The van der Waals surface area contributed by atoms with Gasteiger partial charge >= 0.3 is 0 Å². The number of hydrogen-bond donors (Lipinski definition) is 2. The number of hydrogen-bond acceptors (Lipinski definition) is 2. The Bertz CT molecular complexity index is 704. The van der Waals surface area contributed by atoms with Gasteiger partial charge in [-0.1, -0.05) is 48.0 Å². The van der Waals surface area contributed by atoms with Crippen LogP contribution in [0.15, 0.2) is 54.6 Å². The number of carbonyl (C=O) groups excluding carboxylic acids is 2. The average molecular weight is 345 g/mol. The molecule has 0 bridgehead atoms. The van der Waals surface area contributed by atoms with Crippen LogP contribution in [-0.2, 0) is 4.79 Å². The van der Waals surface area contributed by atoms with Crippen LogP contribution in [-0.4, -0.2) is 17.9 Å². The first-order valence-electron chi connectivity index (χ1n) is 7.87. The second-order valence-electron chi connectivity index (χ2n) is 5.76. The summed E-state index contributed by atoms with van der Waals surface area (Å²) >= 11 is 6.14. The van der Waals surface area contributed by atoms with Gasteiger partial charge in [0, 0.05) is 23.0 Å². The summed E-state index contributed by atoms with van der Waals surface area (Å²) in [6, 6.07) is 15.9. The van der Waals surface area contributed by atoms with Crippen molar-refractivity contribution in [1.29, 1.82) is 0 Å². The fourth-order valence-electron chi connectivity index (χ4n) is 2.43. The van der Waals surface area contributed by atoms with E-state index >= 15 is 0 Å². The lowest BCUT2D eigenvalue weighted by Crippen LogP contribution is -2.38. The largest absolute Gasteiger partial charge is 0.349 e. The van der Waals surface area contributed by atoms with E-state index in [-0.39, 0.29) is 30.3 Å². The van der Waals surface area contributed by atoms with Gasteiger partial charge in [-0.15, -0.1) is 0 Å². The predicted octanol–water partition coefficient (Wildman–Crippen LogP) is 3.73. The molecule has 0 radical (unpaired) electrons. The zero-order valence-electron chi connectivity index (χ0n) is 13.8. The first-order chi connectivity index (χ1) is 11.5. The van der Waals surface area contributed by atoms with Crippen molar-refractivity contribution >= 4 is 23.4 Å². The lowest BCUT2D eigenvalue weighted by molar-refractivity contribution is -0.122. The van der Waals surface area contributed by atoms with Crippen LogP contribution >= 0.6 is 11.6 Å². The minimum Gasteiger partial charge on any atom is -0.349 e. The summed E-state index contributed by atoms with van der Waals surface area (Å²) < 4.78 is 0. The van der Waals surface area contributed by atoms with Crippen LogP contribution in [0.1, 0.15) is 42.2 Å². The Labute approximate surface area is 147 Å². The highest BCUT2D eigenvalue weighted by molar-refractivity contribution is 6.31. The minimum atomic E-state index is -0.267. The molecule has 4 nitrogen and oxygen atoms in total. The Morgan fingerprint density at radius 2 is 1.58 bits per heavy atom. The second-order valence-corrected chi connectivity index (χ2v) is 6.16. The number of halogens is 1. The molecule has 2 atom stereocenters. The van der Waals surface area contributed by atoms with Crippen LogP contribution in [0.2, 0.25) is 5.02 Å². The highest BCUT2D eigenvalue weighted by atomic mass is 35.5. The molecule has 0 aliphatic carbocycles. The minimum absolute atomic E-state index is 0.136. The van der Waals surface area contributed by atoms with E-state index in [9.17, 15) is 9.59 Å². The fourth-order valence-corrected chi connectivity index (χ4v) is 2.73. The average Bonchev–Trinajstić information content (AvgIpc) is 2.55. The SMILES string of the molecule is CC(CC(=O)NC(C)c1ccccc1Cl)NC(=O)c1ccccc1. The van der Waals surface area contributed by atoms with Crippen LogP contribution in [0.25, 0.3) is 0 Å². The summed E-state index contributed by atoms with van der Waals surface area (Å²) in [6.45, 7) is 3.69. The monoisotopic (exact) mass is 344 g/mol. The normalized spacial score (nSPS) is 13.0. The van der Waals surface area contributed by atoms with Crippen LogP contribution in [0.3, 0.4) is 0 Å². The van der Waals surface area contributed by atoms with Crippen molar-refractivity contribution in [3.63, 3.8) is 0 Å². The van der Waals surface area contributed by atoms with E-state index in [1.165, 1.54) is 0 Å². The second kappa shape index (κ2) is 8.50. The summed E-state index contributed by atoms with van der Waals surface area (Å²) in [4.78, 5) is 24.2. The summed E-state index contributed by atoms with van der Waals surface area (Å²) in [7, 11) is 0. The zero-order chi connectivity index (χ0) is 17.5. The molecule has 0 saturated carbocycles. The molecule has 126 valence electrons. The number of benzene rings is 2. The molecule has 2 rings (SSSR count). The van der Waals surface area contributed by atoms with E-state index < -0.39 is 0 Å². The van der Waals surface area contributed by atoms with Gasteiger partial charge in [0.2, 0.25) is 5.91 Å². The molecule has 0 heterocycles. The van der Waals surface area contributed by atoms with E-state index in [0.29, 0.717) is 10.6 Å². The van der Waals surface area contributed by atoms with Gasteiger partial charge in [0.05, 0.1) is 6.04 Å². The molecular formula is C19H21ClN2O2. The van der Waals surface area contributed by atoms with Crippen molar-refractivity contribution in [2.75, 3.05) is 0 Å². The lowest BCUT2D eigenvalue weighted by Gasteiger charge is -2.18. The van der Waals surface area contributed by atoms with Crippen molar-refractivity contribution in [3.8, 4) is 0 Å². The molecule has 5 heteroatoms. The third-order valence-electron chi connectivity index (χ3n) is 3.65. The van der Waals surface area contributed by atoms with Crippen molar-refractivity contribution in [2.45, 2.75) is 32.4 Å². The standard InChI is InChI=1S/C19H21ClN2O2/c1-13(21-19(24)15-8-4-3-5-9-15)12-18(23)22-14(2)16-10-6-7-11-17(16)20/h3-11,13-14H,12H2,1-2H3,(H,21,24)(H,22,23). The molecule has 2 aromatic carbocycles. The molecule has 24 heavy (non-hydrogen) atoms. The smallest absolute Gasteiger partial charge is 0.251 e. The molecule has 0 aromatic heterocycles. The van der Waals surface area contributed by atoms with Gasteiger partial charge in [-0.3, -0.25) is 9.59 Å². The van der Waals surface area contributed by atoms with Gasteiger partial charge in [0.15, 0.2) is 0 Å². The van der Waals surface area contributed by atoms with Gasteiger partial charge < -0.3 is 10.6 Å². The van der Waals surface area contributed by atoms with Crippen molar-refractivity contribution < 1.29 is 9.59 Å². The highest BCUT2D eigenvalue weighted by Gasteiger charge is 2.16. The number of rotatable bonds is 6. The number of carbonyl (C=O) groups is 2. The Hall–Kier alpha value is -2.33. The molecule has 0 saturated heterocycles. The van der Waals surface area contributed by atoms with Crippen molar-refractivity contribution in [2.24, 2.45) is 0 Å². The highest BCUT2D eigenvalue weighted by Crippen LogP contribution is 2.22. The first kappa shape index (κ1) is 18.0. The third-order valence-corrected chi connectivity index (χ3v) is 4.00. The van der Waals surface area contributed by atoms with Crippen LogP contribution in [0.5, 0.6) is 0 Å². The lowest BCUT2D eigenvalue weighted by atomic mass is 10.1. The summed E-state index contributed by atoms with van der Waals surface area (Å²) in [5.74, 6) is -0.321. The molecule has 0 aliphatic rings. The van der Waals surface area contributed by atoms with Crippen LogP contribution in [0.4, 0.5) is 0 Å². The number of nitrogens with one attached hydrogen (secondary N) is 2. The van der Waals surface area contributed by atoms with E-state index in [1.54, 1.807) is 37.3 Å². The maximum Gasteiger partial charge on any atom is 0.251 e. The van der Waals surface area contributed by atoms with Crippen LogP contribution in [0, 0.1) is 0 Å². The van der Waals surface area contributed by atoms with Crippen molar-refractivity contribution in [1.82, 2.24) is 10.6 Å². The van der Waals surface area contributed by atoms with Crippen LogP contribution < -0.4 is 10.6 Å². The summed E-state index contributed by atoms with van der Waals surface area (Å²) in [5, 5.41) is 6.35. The zero-order valence-corrected chi connectivity index (χ0v) is 14.5. The molecule has 2 aromatic rings. The molecule has 0 aliphatic heterocycles. The maximum absolute atomic E-state index is 12.2. The topological polar surface area (TPSA) is 58.2 Å².